The van der Waals surface area contributed by atoms with Crippen molar-refractivity contribution in [3.63, 3.8) is 0 Å². The van der Waals surface area contributed by atoms with Gasteiger partial charge in [0.2, 0.25) is 5.76 Å². The van der Waals surface area contributed by atoms with Gasteiger partial charge in [-0.05, 0) is 30.3 Å². The zero-order valence-electron chi connectivity index (χ0n) is 17.5. The summed E-state index contributed by atoms with van der Waals surface area (Å²) >= 11 is 0. The second-order valence-corrected chi connectivity index (χ2v) is 7.15. The highest BCUT2D eigenvalue weighted by molar-refractivity contribution is 5.95. The number of ether oxygens (including phenoxy) is 3. The standard InChI is InChI=1S/C25H19NO6/c1-28-20-8-4-3-6-15(20)12-19-18-11-10-17(14-22(18)32-26-19)30-25(27)23-13-16-7-5-9-21(29-2)24(16)31-23/h3-11,13-14H,12H2,1-2H3. The first-order chi connectivity index (χ1) is 15.7. The second-order valence-electron chi connectivity index (χ2n) is 7.15. The van der Waals surface area contributed by atoms with E-state index in [1.165, 1.54) is 0 Å². The summed E-state index contributed by atoms with van der Waals surface area (Å²) in [5.41, 5.74) is 2.79. The fourth-order valence-corrected chi connectivity index (χ4v) is 3.65. The van der Waals surface area contributed by atoms with Crippen molar-refractivity contribution in [2.45, 2.75) is 6.42 Å². The summed E-state index contributed by atoms with van der Waals surface area (Å²) < 4.78 is 27.3. The van der Waals surface area contributed by atoms with Crippen molar-refractivity contribution in [1.29, 1.82) is 0 Å². The van der Waals surface area contributed by atoms with E-state index < -0.39 is 5.97 Å². The van der Waals surface area contributed by atoms with Crippen LogP contribution >= 0.6 is 0 Å². The van der Waals surface area contributed by atoms with E-state index in [4.69, 9.17) is 23.2 Å². The minimum Gasteiger partial charge on any atom is -0.496 e. The van der Waals surface area contributed by atoms with Gasteiger partial charge in [-0.2, -0.15) is 0 Å². The summed E-state index contributed by atoms with van der Waals surface area (Å²) in [7, 11) is 3.18. The molecule has 32 heavy (non-hydrogen) atoms. The number of rotatable bonds is 6. The van der Waals surface area contributed by atoms with Crippen molar-refractivity contribution in [3.05, 3.63) is 83.7 Å². The first-order valence-corrected chi connectivity index (χ1v) is 9.95. The van der Waals surface area contributed by atoms with E-state index in [0.29, 0.717) is 29.1 Å². The van der Waals surface area contributed by atoms with Crippen molar-refractivity contribution < 1.29 is 27.9 Å². The Hall–Kier alpha value is -4.26. The molecule has 0 saturated carbocycles. The maximum absolute atomic E-state index is 12.6. The van der Waals surface area contributed by atoms with Crippen LogP contribution in [0.5, 0.6) is 17.2 Å². The quantitative estimate of drug-likeness (QED) is 0.264. The zero-order chi connectivity index (χ0) is 22.1. The molecule has 3 aromatic carbocycles. The number of furan rings is 1. The number of nitrogens with zero attached hydrogens (tertiary/aromatic N) is 1. The van der Waals surface area contributed by atoms with Gasteiger partial charge in [-0.1, -0.05) is 35.5 Å². The summed E-state index contributed by atoms with van der Waals surface area (Å²) in [4.78, 5) is 12.6. The lowest BCUT2D eigenvalue weighted by Gasteiger charge is -2.06. The van der Waals surface area contributed by atoms with E-state index in [-0.39, 0.29) is 5.76 Å². The third-order valence-electron chi connectivity index (χ3n) is 5.21. The fourth-order valence-electron chi connectivity index (χ4n) is 3.65. The van der Waals surface area contributed by atoms with E-state index in [9.17, 15) is 4.79 Å². The molecule has 7 heteroatoms. The molecular formula is C25H19NO6. The van der Waals surface area contributed by atoms with Gasteiger partial charge in [0, 0.05) is 28.8 Å². The van der Waals surface area contributed by atoms with E-state index in [1.807, 2.05) is 42.5 Å². The number of fused-ring (bicyclic) bond motifs is 2. The Morgan fingerprint density at radius 2 is 1.75 bits per heavy atom. The highest BCUT2D eigenvalue weighted by Gasteiger charge is 2.18. The first kappa shape index (κ1) is 19.7. The van der Waals surface area contributed by atoms with Crippen LogP contribution in [0, 0.1) is 0 Å². The average Bonchev–Trinajstić information content (AvgIpc) is 3.43. The Labute approximate surface area is 183 Å². The summed E-state index contributed by atoms with van der Waals surface area (Å²) in [6, 6.07) is 20.0. The number of methoxy groups -OCH3 is 2. The Kier molecular flexibility index (Phi) is 4.99. The Morgan fingerprint density at radius 1 is 0.938 bits per heavy atom. The van der Waals surface area contributed by atoms with E-state index >= 15 is 0 Å². The first-order valence-electron chi connectivity index (χ1n) is 9.95. The number of benzene rings is 3. The van der Waals surface area contributed by atoms with Crippen LogP contribution in [0.2, 0.25) is 0 Å². The average molecular weight is 429 g/mol. The van der Waals surface area contributed by atoms with Crippen LogP contribution < -0.4 is 14.2 Å². The lowest BCUT2D eigenvalue weighted by Crippen LogP contribution is -2.06. The molecule has 0 aliphatic carbocycles. The number of hydrogen-bond acceptors (Lipinski definition) is 7. The molecule has 5 aromatic rings. The Morgan fingerprint density at radius 3 is 2.59 bits per heavy atom. The topological polar surface area (TPSA) is 83.9 Å². The van der Waals surface area contributed by atoms with Crippen LogP contribution in [0.4, 0.5) is 0 Å². The normalized spacial score (nSPS) is 11.1. The third kappa shape index (κ3) is 3.54. The van der Waals surface area contributed by atoms with Crippen LogP contribution in [0.3, 0.4) is 0 Å². The van der Waals surface area contributed by atoms with Gasteiger partial charge in [0.15, 0.2) is 16.9 Å². The SMILES string of the molecule is COc1ccccc1Cc1noc2cc(OC(=O)c3cc4cccc(OC)c4o3)ccc12. The molecule has 0 aliphatic heterocycles. The Bertz CT molecular complexity index is 1430. The molecule has 0 aliphatic rings. The van der Waals surface area contributed by atoms with Gasteiger partial charge in [-0.25, -0.2) is 4.79 Å². The van der Waals surface area contributed by atoms with E-state index in [2.05, 4.69) is 5.16 Å². The van der Waals surface area contributed by atoms with Gasteiger partial charge in [0.1, 0.15) is 11.5 Å². The maximum atomic E-state index is 12.6. The van der Waals surface area contributed by atoms with Gasteiger partial charge in [-0.15, -0.1) is 0 Å². The maximum Gasteiger partial charge on any atom is 0.379 e. The van der Waals surface area contributed by atoms with Gasteiger partial charge < -0.3 is 23.2 Å². The van der Waals surface area contributed by atoms with Crippen LogP contribution in [0.15, 0.2) is 75.7 Å². The van der Waals surface area contributed by atoms with Crippen LogP contribution in [-0.4, -0.2) is 25.3 Å². The Balaban J connectivity index is 1.38. The molecule has 160 valence electrons. The lowest BCUT2D eigenvalue weighted by atomic mass is 10.1. The highest BCUT2D eigenvalue weighted by atomic mass is 16.5. The van der Waals surface area contributed by atoms with Crippen LogP contribution in [0.1, 0.15) is 21.8 Å². The predicted octanol–water partition coefficient (Wildman–Crippen LogP) is 5.40. The van der Waals surface area contributed by atoms with Gasteiger partial charge in [0.05, 0.1) is 19.9 Å². The van der Waals surface area contributed by atoms with E-state index in [0.717, 1.165) is 27.8 Å². The summed E-state index contributed by atoms with van der Waals surface area (Å²) in [5, 5.41) is 5.78. The molecule has 2 aromatic heterocycles. The summed E-state index contributed by atoms with van der Waals surface area (Å²) in [6.07, 6.45) is 0.553. The third-order valence-corrected chi connectivity index (χ3v) is 5.21. The number of carbonyl (C=O) groups is 1. The molecule has 0 spiro atoms. The molecule has 5 rings (SSSR count). The molecule has 7 nitrogen and oxygen atoms in total. The van der Waals surface area contributed by atoms with Gasteiger partial charge in [-0.3, -0.25) is 0 Å². The number of carbonyl (C=O) groups excluding carboxylic acids is 1. The van der Waals surface area contributed by atoms with Gasteiger partial charge >= 0.3 is 5.97 Å². The zero-order valence-corrected chi connectivity index (χ0v) is 17.5. The minimum absolute atomic E-state index is 0.0824. The summed E-state index contributed by atoms with van der Waals surface area (Å²) in [6.45, 7) is 0. The molecule has 0 radical (unpaired) electrons. The molecule has 0 bridgehead atoms. The van der Waals surface area contributed by atoms with Crippen molar-refractivity contribution in [1.82, 2.24) is 5.16 Å². The molecule has 0 unspecified atom stereocenters. The molecule has 0 N–H and O–H groups in total. The molecule has 0 saturated heterocycles. The predicted molar refractivity (Wildman–Crippen MR) is 118 cm³/mol. The lowest BCUT2D eigenvalue weighted by molar-refractivity contribution is 0.0704. The monoisotopic (exact) mass is 429 g/mol. The molecular weight excluding hydrogens is 410 g/mol. The number of aromatic nitrogens is 1. The van der Waals surface area contributed by atoms with Gasteiger partial charge in [0.25, 0.3) is 0 Å². The van der Waals surface area contributed by atoms with E-state index in [1.54, 1.807) is 38.5 Å². The molecule has 0 atom stereocenters. The van der Waals surface area contributed by atoms with Crippen molar-refractivity contribution >= 4 is 27.9 Å². The van der Waals surface area contributed by atoms with Crippen LogP contribution in [-0.2, 0) is 6.42 Å². The van der Waals surface area contributed by atoms with Crippen molar-refractivity contribution in [2.24, 2.45) is 0 Å². The number of esters is 1. The largest absolute Gasteiger partial charge is 0.496 e. The van der Waals surface area contributed by atoms with Crippen molar-refractivity contribution in [2.75, 3.05) is 14.2 Å². The molecule has 0 amide bonds. The molecule has 2 heterocycles. The number of para-hydroxylation sites is 2. The second kappa shape index (κ2) is 8.11. The fraction of sp³-hybridized carbons (Fsp3) is 0.120. The molecule has 0 fully saturated rings. The van der Waals surface area contributed by atoms with Crippen LogP contribution in [0.25, 0.3) is 21.9 Å². The number of hydrogen-bond donors (Lipinski definition) is 0. The smallest absolute Gasteiger partial charge is 0.379 e. The summed E-state index contributed by atoms with van der Waals surface area (Å²) in [5.74, 6) is 1.13. The minimum atomic E-state index is -0.614. The van der Waals surface area contributed by atoms with Crippen molar-refractivity contribution in [3.8, 4) is 17.2 Å². The highest BCUT2D eigenvalue weighted by Crippen LogP contribution is 2.30.